The first-order chi connectivity index (χ1) is 30.5. The minimum atomic E-state index is -6.69. The second-order valence-electron chi connectivity index (χ2n) is 22.0. The zero-order chi connectivity index (χ0) is 48.3. The number of alkyl halides is 9. The Hall–Kier alpha value is -0.360. The van der Waals surface area contributed by atoms with Gasteiger partial charge in [0.1, 0.15) is 8.30 Å². The Labute approximate surface area is 389 Å². The molecule has 4 fully saturated rings. The van der Waals surface area contributed by atoms with E-state index in [1.165, 1.54) is 96.3 Å². The molecule has 4 rings (SSSR count). The molecule has 0 radical (unpaired) electrons. The fraction of sp³-hybridized carbons (Fsp3) is 1.00. The van der Waals surface area contributed by atoms with E-state index in [9.17, 15) is 39.5 Å². The number of halogens is 9. The van der Waals surface area contributed by atoms with Crippen molar-refractivity contribution in [3.8, 4) is 0 Å². The summed E-state index contributed by atoms with van der Waals surface area (Å²) in [5.74, 6) is 2.52. The lowest BCUT2D eigenvalue weighted by atomic mass is 9.44. The number of hydrogen-bond acceptors (Lipinski definition) is 4. The first-order valence-corrected chi connectivity index (χ1v) is 27.5. The van der Waals surface area contributed by atoms with Gasteiger partial charge in [-0.25, -0.2) is 0 Å². The van der Waals surface area contributed by atoms with Gasteiger partial charge in [-0.05, 0) is 164 Å². The lowest BCUT2D eigenvalue weighted by Crippen LogP contribution is -2.67. The Morgan fingerprint density at radius 3 is 1.62 bits per heavy atom. The maximum absolute atomic E-state index is 13.4. The number of ether oxygens (including phenoxy) is 2. The summed E-state index contributed by atoms with van der Waals surface area (Å²) in [6.07, 6.45) is 7.75. The summed E-state index contributed by atoms with van der Waals surface area (Å²) in [5, 5.41) is 0. The predicted octanol–water partition coefficient (Wildman–Crippen LogP) is 17.4. The number of nitrogens with zero attached hydrogens (tertiary/aromatic N) is 1. The molecule has 0 spiro atoms. The number of hydrogen-bond donors (Lipinski definition) is 0. The standard InChI is InChI=1S/C51H89F9NO3P/c1-9-35-65(61(37(2)3)38(4)5)64-34-21-19-17-15-13-11-10-12-14-16-18-20-32-62-41-28-30-46(7)40(36-41)24-25-42-44-27-26-43(47(44,8)31-29-45(42)46)39(6)23-22-33-63-48(49(52,53)54,50(55,56)57)51(58,59)60/h37-45H,9-36H2,1-8H3/t39-,40-,41-,42+,43-,44+,45+,46+,47-,65?/m1/s1. The van der Waals surface area contributed by atoms with E-state index in [1.807, 2.05) is 6.92 Å². The first kappa shape index (κ1) is 57.2. The molecular weight excluding hydrogens is 877 g/mol. The highest BCUT2D eigenvalue weighted by Gasteiger charge is 2.85. The van der Waals surface area contributed by atoms with Crippen LogP contribution in [0.1, 0.15) is 209 Å². The van der Waals surface area contributed by atoms with E-state index in [0.29, 0.717) is 41.9 Å². The molecule has 65 heavy (non-hydrogen) atoms. The Morgan fingerprint density at radius 2 is 1.09 bits per heavy atom. The van der Waals surface area contributed by atoms with E-state index in [4.69, 9.17) is 9.26 Å². The SMILES string of the molecule is CCCP(OCCCCCCCCCCCCCCO[C@@H]1CC[C@@]2(C)[C@H](CC[C@@H]3[C@@H]2CC[C@]2(C)[C@@H]([C@H](C)CCCOC(C(F)(F)F)(C(F)(F)F)C(F)(F)F)CC[C@@H]32)C1)N(C(C)C)C(C)C. The van der Waals surface area contributed by atoms with E-state index >= 15 is 0 Å². The average Bonchev–Trinajstić information content (AvgIpc) is 3.56. The van der Waals surface area contributed by atoms with Crippen LogP contribution in [0.15, 0.2) is 0 Å². The second-order valence-corrected chi connectivity index (χ2v) is 23.9. The highest BCUT2D eigenvalue weighted by Crippen LogP contribution is 2.68. The van der Waals surface area contributed by atoms with Gasteiger partial charge in [-0.3, -0.25) is 4.67 Å². The van der Waals surface area contributed by atoms with Crippen molar-refractivity contribution in [2.24, 2.45) is 46.3 Å². The molecule has 0 aromatic carbocycles. The topological polar surface area (TPSA) is 30.9 Å². The van der Waals surface area contributed by atoms with E-state index in [-0.39, 0.29) is 35.5 Å². The maximum Gasteiger partial charge on any atom is 0.435 e. The molecule has 4 aliphatic rings. The second kappa shape index (κ2) is 25.2. The van der Waals surface area contributed by atoms with Crippen molar-refractivity contribution in [3.05, 3.63) is 0 Å². The average molecular weight is 966 g/mol. The third kappa shape index (κ3) is 14.2. The van der Waals surface area contributed by atoms with E-state index in [0.717, 1.165) is 64.3 Å². The Morgan fingerprint density at radius 1 is 0.585 bits per heavy atom. The van der Waals surface area contributed by atoms with Crippen LogP contribution in [0.4, 0.5) is 39.5 Å². The fourth-order valence-electron chi connectivity index (χ4n) is 13.8. The van der Waals surface area contributed by atoms with Crippen molar-refractivity contribution in [2.75, 3.05) is 26.0 Å². The molecule has 4 saturated carbocycles. The molecular formula is C51H89F9NO3P. The Balaban J connectivity index is 1.07. The molecule has 4 aliphatic carbocycles. The molecule has 0 aromatic heterocycles. The number of fused-ring (bicyclic) bond motifs is 5. The van der Waals surface area contributed by atoms with Crippen molar-refractivity contribution < 1.29 is 53.5 Å². The van der Waals surface area contributed by atoms with Gasteiger partial charge in [0.2, 0.25) is 0 Å². The summed E-state index contributed by atoms with van der Waals surface area (Å²) in [6.45, 7) is 18.6. The highest BCUT2D eigenvalue weighted by molar-refractivity contribution is 7.50. The number of unbranched alkanes of at least 4 members (excludes halogenated alkanes) is 11. The van der Waals surface area contributed by atoms with Gasteiger partial charge in [0.05, 0.1) is 12.7 Å². The van der Waals surface area contributed by atoms with Gasteiger partial charge in [-0.1, -0.05) is 91.9 Å². The van der Waals surface area contributed by atoms with Crippen LogP contribution in [-0.2, 0) is 14.0 Å². The molecule has 0 aliphatic heterocycles. The van der Waals surface area contributed by atoms with Crippen molar-refractivity contribution >= 4 is 8.30 Å². The molecule has 14 heteroatoms. The van der Waals surface area contributed by atoms with Crippen LogP contribution in [0.3, 0.4) is 0 Å². The van der Waals surface area contributed by atoms with Gasteiger partial charge in [0.25, 0.3) is 0 Å². The van der Waals surface area contributed by atoms with Gasteiger partial charge >= 0.3 is 24.1 Å². The van der Waals surface area contributed by atoms with Crippen molar-refractivity contribution in [3.63, 3.8) is 0 Å². The van der Waals surface area contributed by atoms with Crippen molar-refractivity contribution in [2.45, 2.75) is 252 Å². The molecule has 0 aromatic rings. The normalized spacial score (nSPS) is 29.9. The summed E-state index contributed by atoms with van der Waals surface area (Å²) < 4.78 is 140. The molecule has 384 valence electrons. The largest absolute Gasteiger partial charge is 0.435 e. The van der Waals surface area contributed by atoms with Crippen LogP contribution in [0, 0.1) is 46.3 Å². The zero-order valence-corrected chi connectivity index (χ0v) is 42.4. The van der Waals surface area contributed by atoms with Crippen molar-refractivity contribution in [1.82, 2.24) is 4.67 Å². The van der Waals surface area contributed by atoms with Crippen LogP contribution in [-0.4, -0.2) is 73.0 Å². The summed E-state index contributed by atoms with van der Waals surface area (Å²) in [6, 6.07) is 1.04. The monoisotopic (exact) mass is 966 g/mol. The third-order valence-corrected chi connectivity index (χ3v) is 19.8. The first-order valence-electron chi connectivity index (χ1n) is 26.1. The molecule has 4 nitrogen and oxygen atoms in total. The molecule has 0 heterocycles. The van der Waals surface area contributed by atoms with E-state index in [1.54, 1.807) is 0 Å². The van der Waals surface area contributed by atoms with Crippen LogP contribution in [0.5, 0.6) is 0 Å². The van der Waals surface area contributed by atoms with Crippen molar-refractivity contribution in [1.29, 1.82) is 0 Å². The third-order valence-electron chi connectivity index (χ3n) is 17.1. The van der Waals surface area contributed by atoms with Gasteiger partial charge in [-0.2, -0.15) is 39.5 Å². The van der Waals surface area contributed by atoms with Crippen LogP contribution < -0.4 is 0 Å². The maximum atomic E-state index is 13.4. The van der Waals surface area contributed by atoms with Crippen LogP contribution in [0.2, 0.25) is 0 Å². The predicted molar refractivity (Wildman–Crippen MR) is 246 cm³/mol. The molecule has 0 bridgehead atoms. The Kier molecular flexibility index (Phi) is 22.1. The van der Waals surface area contributed by atoms with E-state index in [2.05, 4.69) is 57.9 Å². The summed E-state index contributed by atoms with van der Waals surface area (Å²) in [4.78, 5) is 0. The van der Waals surface area contributed by atoms with E-state index < -0.39 is 39.0 Å². The molecule has 10 atom stereocenters. The minimum Gasteiger partial charge on any atom is -0.378 e. The summed E-state index contributed by atoms with van der Waals surface area (Å²) in [7, 11) is -0.491. The minimum absolute atomic E-state index is 0.00270. The van der Waals surface area contributed by atoms with Gasteiger partial charge in [0.15, 0.2) is 0 Å². The fourth-order valence-corrected chi connectivity index (χ4v) is 16.1. The lowest BCUT2D eigenvalue weighted by molar-refractivity contribution is -0.457. The van der Waals surface area contributed by atoms with Crippen LogP contribution >= 0.6 is 8.30 Å². The summed E-state index contributed by atoms with van der Waals surface area (Å²) in [5.41, 5.74) is -5.93. The number of rotatable bonds is 28. The molecule has 0 amide bonds. The zero-order valence-electron chi connectivity index (χ0n) is 41.5. The van der Waals surface area contributed by atoms with Gasteiger partial charge in [0, 0.05) is 31.5 Å². The Bertz CT molecular complexity index is 1320. The highest BCUT2D eigenvalue weighted by atomic mass is 31.2. The van der Waals surface area contributed by atoms with Gasteiger partial charge in [-0.15, -0.1) is 0 Å². The molecule has 0 N–H and O–H groups in total. The summed E-state index contributed by atoms with van der Waals surface area (Å²) >= 11 is 0. The van der Waals surface area contributed by atoms with Crippen LogP contribution in [0.25, 0.3) is 0 Å². The quantitative estimate of drug-likeness (QED) is 0.0444. The van der Waals surface area contributed by atoms with Gasteiger partial charge < -0.3 is 14.0 Å². The lowest BCUT2D eigenvalue weighted by Gasteiger charge is -2.61. The smallest absolute Gasteiger partial charge is 0.378 e. The molecule has 0 saturated heterocycles. The molecule has 1 unspecified atom stereocenters.